The summed E-state index contributed by atoms with van der Waals surface area (Å²) >= 11 is 0. The fraction of sp³-hybridized carbons (Fsp3) is 0.429. The van der Waals surface area contributed by atoms with Crippen LogP contribution in [0.15, 0.2) is 36.5 Å². The van der Waals surface area contributed by atoms with Gasteiger partial charge >= 0.3 is 0 Å². The summed E-state index contributed by atoms with van der Waals surface area (Å²) in [5, 5.41) is 1.06. The fourth-order valence-electron chi connectivity index (χ4n) is 3.55. The summed E-state index contributed by atoms with van der Waals surface area (Å²) in [6, 6.07) is 9.73. The van der Waals surface area contributed by atoms with Crippen molar-refractivity contribution in [2.45, 2.75) is 12.2 Å². The largest absolute Gasteiger partial charge is 0.385 e. The second kappa shape index (κ2) is 9.11. The van der Waals surface area contributed by atoms with Crippen LogP contribution in [0.2, 0.25) is 0 Å². The molecule has 1 saturated heterocycles. The van der Waals surface area contributed by atoms with E-state index in [0.29, 0.717) is 50.8 Å². The number of anilines is 1. The number of ether oxygens (including phenoxy) is 2. The van der Waals surface area contributed by atoms with Gasteiger partial charge in [-0.1, -0.05) is 0 Å². The van der Waals surface area contributed by atoms with Gasteiger partial charge in [0.05, 0.1) is 30.4 Å². The number of H-pyrrole nitrogens is 1. The molecule has 0 radical (unpaired) electrons. The summed E-state index contributed by atoms with van der Waals surface area (Å²) in [7, 11) is -1.73. The molecule has 9 heteroatoms. The highest BCUT2D eigenvalue weighted by Gasteiger charge is 2.19. The predicted octanol–water partition coefficient (Wildman–Crippen LogP) is 2.41. The van der Waals surface area contributed by atoms with E-state index in [2.05, 4.69) is 14.9 Å². The van der Waals surface area contributed by atoms with Crippen molar-refractivity contribution in [1.82, 2.24) is 15.0 Å². The van der Waals surface area contributed by atoms with E-state index in [-0.39, 0.29) is 11.5 Å². The van der Waals surface area contributed by atoms with Crippen molar-refractivity contribution in [3.63, 3.8) is 0 Å². The number of sulfone groups is 1. The number of nitrogens with zero attached hydrogens (tertiary/aromatic N) is 3. The minimum atomic E-state index is -3.30. The zero-order valence-corrected chi connectivity index (χ0v) is 17.8. The monoisotopic (exact) mass is 430 g/mol. The van der Waals surface area contributed by atoms with E-state index in [1.165, 1.54) is 0 Å². The third kappa shape index (κ3) is 4.97. The third-order valence-electron chi connectivity index (χ3n) is 5.08. The van der Waals surface area contributed by atoms with Crippen LogP contribution in [0.25, 0.3) is 22.3 Å². The zero-order valence-electron chi connectivity index (χ0n) is 17.0. The molecule has 1 aliphatic heterocycles. The average molecular weight is 431 g/mol. The molecule has 2 aromatic heterocycles. The molecule has 30 heavy (non-hydrogen) atoms. The van der Waals surface area contributed by atoms with E-state index in [4.69, 9.17) is 14.5 Å². The number of aromatic nitrogens is 3. The zero-order chi connectivity index (χ0) is 21.0. The van der Waals surface area contributed by atoms with Crippen LogP contribution in [-0.4, -0.2) is 69.1 Å². The van der Waals surface area contributed by atoms with Crippen molar-refractivity contribution in [2.75, 3.05) is 50.7 Å². The van der Waals surface area contributed by atoms with Gasteiger partial charge in [-0.3, -0.25) is 0 Å². The Morgan fingerprint density at radius 3 is 2.80 bits per heavy atom. The molecule has 0 bridgehead atoms. The Kier molecular flexibility index (Phi) is 6.31. The molecular weight excluding hydrogens is 404 g/mol. The highest BCUT2D eigenvalue weighted by atomic mass is 32.2. The summed E-state index contributed by atoms with van der Waals surface area (Å²) < 4.78 is 35.6. The minimum Gasteiger partial charge on any atom is -0.385 e. The molecule has 0 spiro atoms. The molecule has 0 unspecified atom stereocenters. The van der Waals surface area contributed by atoms with Crippen molar-refractivity contribution in [1.29, 1.82) is 0 Å². The highest BCUT2D eigenvalue weighted by Crippen LogP contribution is 2.25. The average Bonchev–Trinajstić information content (AvgIpc) is 3.22. The SMILES string of the molecule is COCCCS(=O)(=O)Cc1cc(N2CCOCC2)nc(-c2ccc3[nH]ccc3c2)n1. The molecule has 4 rings (SSSR count). The number of fused-ring (bicyclic) bond motifs is 1. The Morgan fingerprint density at radius 1 is 1.17 bits per heavy atom. The van der Waals surface area contributed by atoms with Gasteiger partial charge in [0, 0.05) is 55.5 Å². The lowest BCUT2D eigenvalue weighted by Crippen LogP contribution is -2.37. The second-order valence-electron chi connectivity index (χ2n) is 7.36. The number of nitrogens with one attached hydrogen (secondary N) is 1. The molecule has 1 aliphatic rings. The predicted molar refractivity (Wildman–Crippen MR) is 116 cm³/mol. The standard InChI is InChI=1S/C21H26N4O4S/c1-28-9-2-12-30(26,27)15-18-14-20(25-7-10-29-11-8-25)24-21(23-18)17-3-4-19-16(13-17)5-6-22-19/h3-6,13-14,22H,2,7-12,15H2,1H3. The van der Waals surface area contributed by atoms with E-state index in [9.17, 15) is 8.42 Å². The number of benzene rings is 1. The summed E-state index contributed by atoms with van der Waals surface area (Å²) in [5.74, 6) is 1.22. The summed E-state index contributed by atoms with van der Waals surface area (Å²) in [5.41, 5.74) is 2.40. The van der Waals surface area contributed by atoms with Crippen molar-refractivity contribution in [2.24, 2.45) is 0 Å². The first kappa shape index (κ1) is 20.8. The Balaban J connectivity index is 1.68. The first-order chi connectivity index (χ1) is 14.5. The van der Waals surface area contributed by atoms with E-state index >= 15 is 0 Å². The maximum atomic E-state index is 12.6. The van der Waals surface area contributed by atoms with Crippen LogP contribution >= 0.6 is 0 Å². The fourth-order valence-corrected chi connectivity index (χ4v) is 4.85. The molecule has 0 amide bonds. The lowest BCUT2D eigenvalue weighted by molar-refractivity contribution is 0.122. The topological polar surface area (TPSA) is 97.4 Å². The van der Waals surface area contributed by atoms with Crippen molar-refractivity contribution >= 4 is 26.6 Å². The molecule has 0 saturated carbocycles. The second-order valence-corrected chi connectivity index (χ2v) is 9.54. The quantitative estimate of drug-likeness (QED) is 0.548. The molecule has 8 nitrogen and oxygen atoms in total. The van der Waals surface area contributed by atoms with E-state index < -0.39 is 9.84 Å². The first-order valence-electron chi connectivity index (χ1n) is 10.0. The van der Waals surface area contributed by atoms with Crippen LogP contribution in [0.5, 0.6) is 0 Å². The summed E-state index contributed by atoms with van der Waals surface area (Å²) in [6.45, 7) is 3.10. The van der Waals surface area contributed by atoms with Gasteiger partial charge in [0.2, 0.25) is 0 Å². The van der Waals surface area contributed by atoms with E-state index in [1.54, 1.807) is 13.2 Å². The molecular formula is C21H26N4O4S. The van der Waals surface area contributed by atoms with Gasteiger partial charge in [-0.05, 0) is 30.7 Å². The van der Waals surface area contributed by atoms with Gasteiger partial charge in [-0.15, -0.1) is 0 Å². The lowest BCUT2D eigenvalue weighted by atomic mass is 10.1. The van der Waals surface area contributed by atoms with Gasteiger partial charge in [0.25, 0.3) is 0 Å². The van der Waals surface area contributed by atoms with Crippen LogP contribution < -0.4 is 4.90 Å². The van der Waals surface area contributed by atoms with Gasteiger partial charge in [-0.2, -0.15) is 0 Å². The minimum absolute atomic E-state index is 0.0718. The third-order valence-corrected chi connectivity index (χ3v) is 6.73. The maximum Gasteiger partial charge on any atom is 0.161 e. The number of aromatic amines is 1. The van der Waals surface area contributed by atoms with Crippen molar-refractivity contribution in [3.8, 4) is 11.4 Å². The number of methoxy groups -OCH3 is 1. The van der Waals surface area contributed by atoms with Crippen LogP contribution in [0.3, 0.4) is 0 Å². The van der Waals surface area contributed by atoms with Crippen LogP contribution in [0.4, 0.5) is 5.82 Å². The van der Waals surface area contributed by atoms with E-state index in [0.717, 1.165) is 22.3 Å². The first-order valence-corrected chi connectivity index (χ1v) is 11.8. The lowest BCUT2D eigenvalue weighted by Gasteiger charge is -2.28. The summed E-state index contributed by atoms with van der Waals surface area (Å²) in [6.07, 6.45) is 2.36. The highest BCUT2D eigenvalue weighted by molar-refractivity contribution is 7.90. The molecule has 160 valence electrons. The number of hydrogen-bond acceptors (Lipinski definition) is 7. The molecule has 3 heterocycles. The van der Waals surface area contributed by atoms with Gasteiger partial charge in [-0.25, -0.2) is 18.4 Å². The summed E-state index contributed by atoms with van der Waals surface area (Å²) in [4.78, 5) is 14.7. The van der Waals surface area contributed by atoms with Crippen molar-refractivity contribution < 1.29 is 17.9 Å². The Hall–Kier alpha value is -2.49. The smallest absolute Gasteiger partial charge is 0.161 e. The van der Waals surface area contributed by atoms with Gasteiger partial charge in [0.1, 0.15) is 5.82 Å². The van der Waals surface area contributed by atoms with Crippen LogP contribution in [0.1, 0.15) is 12.1 Å². The molecule has 0 aliphatic carbocycles. The normalized spacial score (nSPS) is 15.0. The van der Waals surface area contributed by atoms with E-state index in [1.807, 2.05) is 30.5 Å². The molecule has 0 atom stereocenters. The van der Waals surface area contributed by atoms with Crippen LogP contribution in [-0.2, 0) is 25.1 Å². The Bertz CT molecular complexity index is 1110. The Labute approximate surface area is 176 Å². The Morgan fingerprint density at radius 2 is 2.00 bits per heavy atom. The molecule has 1 fully saturated rings. The van der Waals surface area contributed by atoms with Crippen LogP contribution in [0, 0.1) is 0 Å². The van der Waals surface area contributed by atoms with Gasteiger partial charge < -0.3 is 19.4 Å². The number of hydrogen-bond donors (Lipinski definition) is 1. The number of rotatable bonds is 8. The molecule has 1 N–H and O–H groups in total. The number of morpholine rings is 1. The maximum absolute atomic E-state index is 12.6. The molecule has 3 aromatic rings. The van der Waals surface area contributed by atoms with Crippen molar-refractivity contribution in [3.05, 3.63) is 42.2 Å². The molecule has 1 aromatic carbocycles. The van der Waals surface area contributed by atoms with Gasteiger partial charge in [0.15, 0.2) is 15.7 Å².